The van der Waals surface area contributed by atoms with Crippen molar-refractivity contribution in [1.82, 2.24) is 10.2 Å². The van der Waals surface area contributed by atoms with Gasteiger partial charge in [0.1, 0.15) is 12.6 Å². The van der Waals surface area contributed by atoms with Gasteiger partial charge in [-0.15, -0.1) is 0 Å². The molecule has 0 saturated heterocycles. The molecule has 1 N–H and O–H groups in total. The minimum atomic E-state index is -4.30. The molecule has 0 heterocycles. The van der Waals surface area contributed by atoms with Gasteiger partial charge < -0.3 is 10.2 Å². The van der Waals surface area contributed by atoms with Crippen molar-refractivity contribution >= 4 is 50.7 Å². The first kappa shape index (κ1) is 34.0. The first-order valence-electron chi connectivity index (χ1n) is 14.6. The van der Waals surface area contributed by atoms with E-state index in [1.165, 1.54) is 29.2 Å². The largest absolute Gasteiger partial charge is 0.352 e. The van der Waals surface area contributed by atoms with Gasteiger partial charge in [-0.1, -0.05) is 101 Å². The Morgan fingerprint density at radius 2 is 1.47 bits per heavy atom. The fraction of sp³-hybridized carbons (Fsp3) is 0.257. The van der Waals surface area contributed by atoms with Crippen LogP contribution in [0.1, 0.15) is 36.1 Å². The van der Waals surface area contributed by atoms with Crippen LogP contribution < -0.4 is 9.62 Å². The molecular weight excluding hydrogens is 629 g/mol. The summed E-state index contributed by atoms with van der Waals surface area (Å²) in [6.07, 6.45) is 0.222. The van der Waals surface area contributed by atoms with Crippen molar-refractivity contribution < 1.29 is 18.0 Å². The lowest BCUT2D eigenvalue weighted by Gasteiger charge is -2.34. The third-order valence-electron chi connectivity index (χ3n) is 7.20. The maximum atomic E-state index is 14.5. The van der Waals surface area contributed by atoms with Crippen molar-refractivity contribution in [2.75, 3.05) is 10.8 Å². The average molecular weight is 667 g/mol. The van der Waals surface area contributed by atoms with Gasteiger partial charge in [0, 0.05) is 24.0 Å². The molecule has 4 rings (SSSR count). The second-order valence-corrected chi connectivity index (χ2v) is 14.0. The van der Waals surface area contributed by atoms with Crippen LogP contribution in [0.5, 0.6) is 0 Å². The zero-order valence-electron chi connectivity index (χ0n) is 25.7. The van der Waals surface area contributed by atoms with Crippen molar-refractivity contribution in [3.63, 3.8) is 0 Å². The Hall–Kier alpha value is -3.85. The molecule has 4 aromatic rings. The lowest BCUT2D eigenvalue weighted by atomic mass is 10.0. The molecule has 45 heavy (non-hydrogen) atoms. The van der Waals surface area contributed by atoms with Crippen molar-refractivity contribution in [2.45, 2.75) is 57.6 Å². The van der Waals surface area contributed by atoms with E-state index in [1.54, 1.807) is 18.2 Å². The van der Waals surface area contributed by atoms with Crippen molar-refractivity contribution in [3.8, 4) is 0 Å². The second-order valence-electron chi connectivity index (χ2n) is 11.3. The number of nitrogens with zero attached hydrogens (tertiary/aromatic N) is 2. The molecule has 0 aromatic heterocycles. The number of sulfonamides is 1. The van der Waals surface area contributed by atoms with Crippen LogP contribution >= 0.6 is 23.2 Å². The van der Waals surface area contributed by atoms with E-state index in [0.717, 1.165) is 26.6 Å². The van der Waals surface area contributed by atoms with Gasteiger partial charge >= 0.3 is 0 Å². The lowest BCUT2D eigenvalue weighted by molar-refractivity contribution is -0.140. The molecular formula is C35H37Cl2N3O4S. The molecule has 1 unspecified atom stereocenters. The summed E-state index contributed by atoms with van der Waals surface area (Å²) in [4.78, 5) is 29.8. The molecule has 10 heteroatoms. The van der Waals surface area contributed by atoms with Crippen molar-refractivity contribution in [3.05, 3.63) is 129 Å². The van der Waals surface area contributed by atoms with Gasteiger partial charge in [-0.05, 0) is 69.2 Å². The maximum Gasteiger partial charge on any atom is 0.264 e. The summed E-state index contributed by atoms with van der Waals surface area (Å²) in [5.41, 5.74) is 3.57. The van der Waals surface area contributed by atoms with Crippen LogP contribution in [-0.2, 0) is 32.6 Å². The molecule has 2 amide bonds. The van der Waals surface area contributed by atoms with Crippen LogP contribution in [0.2, 0.25) is 10.0 Å². The van der Waals surface area contributed by atoms with Gasteiger partial charge in [0.2, 0.25) is 11.8 Å². The average Bonchev–Trinajstić information content (AvgIpc) is 2.99. The molecule has 0 saturated carbocycles. The molecule has 0 radical (unpaired) electrons. The van der Waals surface area contributed by atoms with E-state index in [4.69, 9.17) is 23.2 Å². The highest BCUT2D eigenvalue weighted by molar-refractivity contribution is 7.92. The number of amides is 2. The van der Waals surface area contributed by atoms with E-state index in [1.807, 2.05) is 82.3 Å². The third kappa shape index (κ3) is 8.87. The topological polar surface area (TPSA) is 86.8 Å². The van der Waals surface area contributed by atoms with E-state index in [-0.39, 0.29) is 45.5 Å². The van der Waals surface area contributed by atoms with E-state index in [2.05, 4.69) is 5.32 Å². The monoisotopic (exact) mass is 665 g/mol. The van der Waals surface area contributed by atoms with Crippen molar-refractivity contribution in [2.24, 2.45) is 0 Å². The molecule has 0 aliphatic rings. The van der Waals surface area contributed by atoms with Crippen LogP contribution in [0.15, 0.2) is 102 Å². The highest BCUT2D eigenvalue weighted by Gasteiger charge is 2.35. The Morgan fingerprint density at radius 3 is 2.11 bits per heavy atom. The summed E-state index contributed by atoms with van der Waals surface area (Å²) in [6, 6.07) is 26.7. The lowest BCUT2D eigenvalue weighted by Crippen LogP contribution is -2.54. The number of benzene rings is 4. The summed E-state index contributed by atoms with van der Waals surface area (Å²) in [7, 11) is -4.30. The first-order valence-corrected chi connectivity index (χ1v) is 16.8. The number of aryl methyl sites for hydroxylation is 2. The van der Waals surface area contributed by atoms with Crippen LogP contribution in [0, 0.1) is 13.8 Å². The number of rotatable bonds is 12. The predicted molar refractivity (Wildman–Crippen MR) is 181 cm³/mol. The Morgan fingerprint density at radius 1 is 0.800 bits per heavy atom. The number of carbonyl (C=O) groups excluding carboxylic acids is 2. The minimum Gasteiger partial charge on any atom is -0.352 e. The number of hydrogen-bond acceptors (Lipinski definition) is 4. The zero-order chi connectivity index (χ0) is 32.7. The van der Waals surface area contributed by atoms with Gasteiger partial charge in [-0.2, -0.15) is 0 Å². The Bertz CT molecular complexity index is 1750. The summed E-state index contributed by atoms with van der Waals surface area (Å²) in [6.45, 7) is 6.94. The van der Waals surface area contributed by atoms with Gasteiger partial charge in [-0.25, -0.2) is 8.42 Å². The standard InChI is InChI=1S/C35H37Cl2N3O4S/c1-24(2)38-35(42)33(20-27-10-6-5-7-11-27)39(22-28-12-8-9-26(4)19-28)34(41)23-40(32-21-29(36)15-18-31(32)37)45(43,44)30-16-13-25(3)14-17-30/h5-19,21,24,33H,20,22-23H2,1-4H3,(H,38,42). The zero-order valence-corrected chi connectivity index (χ0v) is 28.0. The number of halogens is 2. The van der Waals surface area contributed by atoms with Gasteiger partial charge in [0.25, 0.3) is 10.0 Å². The Balaban J connectivity index is 1.84. The number of nitrogens with one attached hydrogen (secondary N) is 1. The van der Waals surface area contributed by atoms with Gasteiger partial charge in [0.15, 0.2) is 0 Å². The first-order chi connectivity index (χ1) is 21.3. The highest BCUT2D eigenvalue weighted by atomic mass is 35.5. The fourth-order valence-electron chi connectivity index (χ4n) is 4.97. The SMILES string of the molecule is Cc1ccc(S(=O)(=O)N(CC(=O)N(Cc2cccc(C)c2)C(Cc2ccccc2)C(=O)NC(C)C)c2cc(Cl)ccc2Cl)cc1. The third-order valence-corrected chi connectivity index (χ3v) is 9.53. The molecule has 0 bridgehead atoms. The predicted octanol–water partition coefficient (Wildman–Crippen LogP) is 6.97. The molecule has 0 spiro atoms. The second kappa shape index (κ2) is 15.0. The number of carbonyl (C=O) groups is 2. The smallest absolute Gasteiger partial charge is 0.264 e. The van der Waals surface area contributed by atoms with Crippen molar-refractivity contribution in [1.29, 1.82) is 0 Å². The molecule has 0 fully saturated rings. The molecule has 236 valence electrons. The van der Waals surface area contributed by atoms with E-state index >= 15 is 0 Å². The van der Waals surface area contributed by atoms with Gasteiger partial charge in [-0.3, -0.25) is 13.9 Å². The van der Waals surface area contributed by atoms with E-state index in [9.17, 15) is 18.0 Å². The quantitative estimate of drug-likeness (QED) is 0.177. The maximum absolute atomic E-state index is 14.5. The molecule has 1 atom stereocenters. The molecule has 4 aromatic carbocycles. The number of hydrogen-bond donors (Lipinski definition) is 1. The normalized spacial score (nSPS) is 12.1. The summed E-state index contributed by atoms with van der Waals surface area (Å²) >= 11 is 12.8. The van der Waals surface area contributed by atoms with E-state index < -0.39 is 28.5 Å². The summed E-state index contributed by atoms with van der Waals surface area (Å²) in [5.74, 6) is -0.924. The molecule has 7 nitrogen and oxygen atoms in total. The number of anilines is 1. The van der Waals surface area contributed by atoms with E-state index in [0.29, 0.717) is 0 Å². The van der Waals surface area contributed by atoms with Crippen LogP contribution in [0.25, 0.3) is 0 Å². The minimum absolute atomic E-state index is 0.0134. The molecule has 0 aliphatic carbocycles. The van der Waals surface area contributed by atoms with Crippen LogP contribution in [0.3, 0.4) is 0 Å². The fourth-order valence-corrected chi connectivity index (χ4v) is 6.83. The van der Waals surface area contributed by atoms with Gasteiger partial charge in [0.05, 0.1) is 15.6 Å². The highest BCUT2D eigenvalue weighted by Crippen LogP contribution is 2.33. The summed E-state index contributed by atoms with van der Waals surface area (Å²) in [5, 5.41) is 3.31. The van der Waals surface area contributed by atoms with Crippen LogP contribution in [-0.4, -0.2) is 43.8 Å². The van der Waals surface area contributed by atoms with Crippen LogP contribution in [0.4, 0.5) is 5.69 Å². The molecule has 0 aliphatic heterocycles. The Labute approximate surface area is 275 Å². The summed E-state index contributed by atoms with van der Waals surface area (Å²) < 4.78 is 29.3. The Kier molecular flexibility index (Phi) is 11.3.